The van der Waals surface area contributed by atoms with E-state index in [1.807, 2.05) is 0 Å². The van der Waals surface area contributed by atoms with E-state index in [9.17, 15) is 0 Å². The molecule has 9 heteroatoms. The highest BCUT2D eigenvalue weighted by atomic mass is 32.1. The van der Waals surface area contributed by atoms with Gasteiger partial charge in [0, 0.05) is 44.3 Å². The second kappa shape index (κ2) is 9.16. The zero-order chi connectivity index (χ0) is 20.3. The van der Waals surface area contributed by atoms with E-state index in [1.165, 1.54) is 56.5 Å². The highest BCUT2D eigenvalue weighted by molar-refractivity contribution is 7.19. The summed E-state index contributed by atoms with van der Waals surface area (Å²) in [5.74, 6) is 0.413. The Morgan fingerprint density at radius 2 is 1.70 bits per heavy atom. The van der Waals surface area contributed by atoms with Crippen molar-refractivity contribution < 1.29 is 0 Å². The van der Waals surface area contributed by atoms with Crippen LogP contribution in [0.15, 0.2) is 6.20 Å². The SMILES string of the molecule is [C-]#[N+]c1cnc(N2CCC[C@@H](c3nnc(N4CCC(N5CCCCC5)CC4)s3)C2)s1. The van der Waals surface area contributed by atoms with E-state index in [1.54, 1.807) is 17.5 Å². The number of piperidine rings is 3. The Bertz CT molecular complexity index is 874. The van der Waals surface area contributed by atoms with Gasteiger partial charge in [0.15, 0.2) is 5.13 Å². The van der Waals surface area contributed by atoms with E-state index in [0.717, 1.165) is 60.3 Å². The molecular formula is C21H29N7S2. The predicted molar refractivity (Wildman–Crippen MR) is 123 cm³/mol. The Labute approximate surface area is 186 Å². The van der Waals surface area contributed by atoms with Gasteiger partial charge < -0.3 is 14.7 Å². The summed E-state index contributed by atoms with van der Waals surface area (Å²) >= 11 is 3.28. The number of nitrogens with zero attached hydrogens (tertiary/aromatic N) is 7. The van der Waals surface area contributed by atoms with Crippen LogP contribution >= 0.6 is 22.7 Å². The molecule has 2 aromatic heterocycles. The number of hydrogen-bond donors (Lipinski definition) is 0. The molecule has 0 amide bonds. The van der Waals surface area contributed by atoms with Crippen LogP contribution in [0.1, 0.15) is 55.9 Å². The van der Waals surface area contributed by atoms with Gasteiger partial charge in [0.1, 0.15) is 5.01 Å². The molecule has 0 aromatic carbocycles. The van der Waals surface area contributed by atoms with Gasteiger partial charge >= 0.3 is 0 Å². The molecule has 3 saturated heterocycles. The van der Waals surface area contributed by atoms with E-state index in [0.29, 0.717) is 10.9 Å². The normalized spacial score (nSPS) is 24.2. The molecule has 0 spiro atoms. The summed E-state index contributed by atoms with van der Waals surface area (Å²) in [7, 11) is 0. The molecule has 1 atom stereocenters. The highest BCUT2D eigenvalue weighted by Gasteiger charge is 2.29. The number of likely N-dealkylation sites (tertiary alicyclic amines) is 1. The molecule has 3 aliphatic heterocycles. The van der Waals surface area contributed by atoms with Gasteiger partial charge in [-0.25, -0.2) is 9.83 Å². The zero-order valence-corrected chi connectivity index (χ0v) is 19.0. The summed E-state index contributed by atoms with van der Waals surface area (Å²) in [6, 6.07) is 0.763. The molecule has 3 aliphatic rings. The molecule has 0 aliphatic carbocycles. The topological polar surface area (TPSA) is 52.8 Å². The highest BCUT2D eigenvalue weighted by Crippen LogP contribution is 2.37. The summed E-state index contributed by atoms with van der Waals surface area (Å²) in [5, 5.41) is 13.1. The molecule has 0 unspecified atom stereocenters. The molecule has 160 valence electrons. The third kappa shape index (κ3) is 4.32. The fourth-order valence-corrected chi connectivity index (χ4v) is 6.79. The molecule has 0 radical (unpaired) electrons. The van der Waals surface area contributed by atoms with Crippen molar-refractivity contribution in [2.75, 3.05) is 49.1 Å². The van der Waals surface area contributed by atoms with Crippen molar-refractivity contribution in [2.45, 2.75) is 56.9 Å². The number of rotatable bonds is 4. The first-order valence-corrected chi connectivity index (χ1v) is 12.8. The van der Waals surface area contributed by atoms with Gasteiger partial charge in [-0.15, -0.1) is 21.5 Å². The van der Waals surface area contributed by atoms with Crippen LogP contribution in [0.2, 0.25) is 0 Å². The Morgan fingerprint density at radius 1 is 0.867 bits per heavy atom. The largest absolute Gasteiger partial charge is 0.348 e. The minimum atomic E-state index is 0.413. The van der Waals surface area contributed by atoms with Gasteiger partial charge in [-0.1, -0.05) is 17.8 Å². The second-order valence-electron chi connectivity index (χ2n) is 8.62. The maximum absolute atomic E-state index is 7.17. The zero-order valence-electron chi connectivity index (χ0n) is 17.4. The number of anilines is 2. The average Bonchev–Trinajstić information content (AvgIpc) is 3.50. The van der Waals surface area contributed by atoms with Crippen LogP contribution in [0.4, 0.5) is 15.3 Å². The molecule has 0 saturated carbocycles. The summed E-state index contributed by atoms with van der Waals surface area (Å²) in [4.78, 5) is 15.4. The molecule has 3 fully saturated rings. The summed E-state index contributed by atoms with van der Waals surface area (Å²) < 4.78 is 0. The maximum atomic E-state index is 7.17. The molecule has 5 heterocycles. The summed E-state index contributed by atoms with van der Waals surface area (Å²) in [5.41, 5.74) is 0. The number of thiazole rings is 1. The molecule has 7 nitrogen and oxygen atoms in total. The van der Waals surface area contributed by atoms with Crippen molar-refractivity contribution in [3.05, 3.63) is 22.6 Å². The van der Waals surface area contributed by atoms with Crippen LogP contribution in [-0.2, 0) is 0 Å². The van der Waals surface area contributed by atoms with E-state index in [2.05, 4.69) is 34.7 Å². The lowest BCUT2D eigenvalue weighted by Crippen LogP contribution is -2.46. The first-order chi connectivity index (χ1) is 14.8. The fourth-order valence-electron chi connectivity index (χ4n) is 5.03. The van der Waals surface area contributed by atoms with Gasteiger partial charge in [0.25, 0.3) is 5.00 Å². The molecule has 30 heavy (non-hydrogen) atoms. The molecule has 5 rings (SSSR count). The van der Waals surface area contributed by atoms with E-state index in [4.69, 9.17) is 6.57 Å². The van der Waals surface area contributed by atoms with Crippen molar-refractivity contribution in [3.63, 3.8) is 0 Å². The van der Waals surface area contributed by atoms with Gasteiger partial charge in [0.2, 0.25) is 5.13 Å². The minimum absolute atomic E-state index is 0.413. The van der Waals surface area contributed by atoms with Crippen LogP contribution in [0.3, 0.4) is 0 Å². The van der Waals surface area contributed by atoms with Crippen molar-refractivity contribution >= 4 is 37.9 Å². The summed E-state index contributed by atoms with van der Waals surface area (Å²) in [6.45, 7) is 13.9. The first kappa shape index (κ1) is 20.2. The van der Waals surface area contributed by atoms with Crippen molar-refractivity contribution in [1.29, 1.82) is 0 Å². The molecule has 0 N–H and O–H groups in total. The second-order valence-corrected chi connectivity index (χ2v) is 10.6. The third-order valence-electron chi connectivity index (χ3n) is 6.70. The Balaban J connectivity index is 1.19. The van der Waals surface area contributed by atoms with E-state index in [-0.39, 0.29) is 0 Å². The van der Waals surface area contributed by atoms with Crippen LogP contribution < -0.4 is 9.80 Å². The van der Waals surface area contributed by atoms with Crippen molar-refractivity contribution in [2.24, 2.45) is 0 Å². The molecular weight excluding hydrogens is 414 g/mol. The smallest absolute Gasteiger partial charge is 0.262 e. The number of hydrogen-bond acceptors (Lipinski definition) is 8. The Kier molecular flexibility index (Phi) is 6.16. The fraction of sp³-hybridized carbons (Fsp3) is 0.714. The lowest BCUT2D eigenvalue weighted by atomic mass is 9.99. The number of aromatic nitrogens is 3. The van der Waals surface area contributed by atoms with E-state index < -0.39 is 0 Å². The van der Waals surface area contributed by atoms with Crippen LogP contribution in [0.5, 0.6) is 0 Å². The van der Waals surface area contributed by atoms with E-state index >= 15 is 0 Å². The van der Waals surface area contributed by atoms with Crippen molar-refractivity contribution in [1.82, 2.24) is 20.1 Å². The van der Waals surface area contributed by atoms with Crippen LogP contribution in [0.25, 0.3) is 4.85 Å². The third-order valence-corrected chi connectivity index (χ3v) is 8.80. The lowest BCUT2D eigenvalue weighted by Gasteiger charge is -2.40. The van der Waals surface area contributed by atoms with Gasteiger partial charge in [-0.3, -0.25) is 0 Å². The molecule has 2 aromatic rings. The van der Waals surface area contributed by atoms with Gasteiger partial charge in [-0.05, 0) is 51.6 Å². The maximum Gasteiger partial charge on any atom is 0.262 e. The monoisotopic (exact) mass is 443 g/mol. The van der Waals surface area contributed by atoms with Crippen LogP contribution in [-0.4, -0.2) is 65.4 Å². The van der Waals surface area contributed by atoms with Gasteiger partial charge in [0.05, 0.1) is 6.57 Å². The minimum Gasteiger partial charge on any atom is -0.348 e. The quantitative estimate of drug-likeness (QED) is 0.654. The van der Waals surface area contributed by atoms with Crippen molar-refractivity contribution in [3.8, 4) is 0 Å². The first-order valence-electron chi connectivity index (χ1n) is 11.2. The summed E-state index contributed by atoms with van der Waals surface area (Å²) in [6.07, 6.45) is 10.6. The Hall–Kier alpha value is -1.76. The standard InChI is InChI=1S/C21H29N7S2/c1-22-18-14-23-20(29-18)28-11-5-6-16(15-28)19-24-25-21(30-19)27-12-7-17(8-13-27)26-9-3-2-4-10-26/h14,16-17H,2-13,15H2/t16-/m1/s1. The predicted octanol–water partition coefficient (Wildman–Crippen LogP) is 4.38. The lowest BCUT2D eigenvalue weighted by molar-refractivity contribution is 0.141. The van der Waals surface area contributed by atoms with Crippen LogP contribution in [0, 0.1) is 6.57 Å². The molecule has 0 bridgehead atoms. The Morgan fingerprint density at radius 3 is 2.47 bits per heavy atom. The van der Waals surface area contributed by atoms with Gasteiger partial charge in [-0.2, -0.15) is 0 Å². The average molecular weight is 444 g/mol.